The molecule has 0 amide bonds. The summed E-state index contributed by atoms with van der Waals surface area (Å²) in [6.45, 7) is 7.94. The second kappa shape index (κ2) is 13.3. The summed E-state index contributed by atoms with van der Waals surface area (Å²) in [7, 11) is 0. The number of benzene rings is 1. The topological polar surface area (TPSA) is 54.9 Å². The van der Waals surface area contributed by atoms with Gasteiger partial charge in [-0.2, -0.15) is 13.2 Å². The Morgan fingerprint density at radius 1 is 1.38 bits per heavy atom. The molecule has 1 aromatic rings. The van der Waals surface area contributed by atoms with Crippen LogP contribution in [-0.4, -0.2) is 45.5 Å². The molecule has 1 saturated heterocycles. The second-order valence-corrected chi connectivity index (χ2v) is 6.91. The summed E-state index contributed by atoms with van der Waals surface area (Å²) >= 11 is 0. The number of aliphatic imine (C=N–C) groups is 1. The third-order valence-electron chi connectivity index (χ3n) is 4.51. The molecule has 0 aromatic heterocycles. The molecule has 29 heavy (non-hydrogen) atoms. The molecular weight excluding hydrogens is 498 g/mol. The summed E-state index contributed by atoms with van der Waals surface area (Å²) in [4.78, 5) is 4.49. The minimum Gasteiger partial charge on any atom is -0.381 e. The van der Waals surface area contributed by atoms with Crippen LogP contribution in [0.2, 0.25) is 0 Å². The van der Waals surface area contributed by atoms with Crippen molar-refractivity contribution >= 4 is 29.9 Å². The molecule has 1 fully saturated rings. The molecule has 5 nitrogen and oxygen atoms in total. The zero-order valence-electron chi connectivity index (χ0n) is 16.9. The second-order valence-electron chi connectivity index (χ2n) is 6.91. The van der Waals surface area contributed by atoms with E-state index < -0.39 is 11.7 Å². The van der Waals surface area contributed by atoms with Gasteiger partial charge in [0.2, 0.25) is 0 Å². The molecule has 2 atom stereocenters. The monoisotopic (exact) mass is 529 g/mol. The zero-order chi connectivity index (χ0) is 20.4. The van der Waals surface area contributed by atoms with Crippen molar-refractivity contribution < 1.29 is 22.6 Å². The van der Waals surface area contributed by atoms with Gasteiger partial charge in [-0.1, -0.05) is 12.1 Å². The van der Waals surface area contributed by atoms with Gasteiger partial charge in [0.15, 0.2) is 5.96 Å². The lowest BCUT2D eigenvalue weighted by molar-refractivity contribution is -0.137. The van der Waals surface area contributed by atoms with E-state index in [4.69, 9.17) is 9.47 Å². The predicted molar refractivity (Wildman–Crippen MR) is 119 cm³/mol. The van der Waals surface area contributed by atoms with Crippen molar-refractivity contribution in [3.05, 3.63) is 35.4 Å². The first-order valence-electron chi connectivity index (χ1n) is 9.77. The maximum atomic E-state index is 12.9. The van der Waals surface area contributed by atoms with Crippen molar-refractivity contribution in [3.8, 4) is 0 Å². The standard InChI is InChI=1S/C20H30F3N3O2.HI/c1-3-24-19(25-9-5-10-27-13-16-8-11-28-14-16)26-15(2)17-6-4-7-18(12-17)20(21,22)23;/h4,6-7,12,15-16H,3,5,8-11,13-14H2,1-2H3,(H2,24,25,26);1H. The SMILES string of the molecule is CCNC(=NCCCOCC1CCOC1)NC(C)c1cccc(C(F)(F)F)c1.I. The van der Waals surface area contributed by atoms with Crippen LogP contribution in [0, 0.1) is 5.92 Å². The lowest BCUT2D eigenvalue weighted by atomic mass is 10.1. The molecule has 0 bridgehead atoms. The number of nitrogens with one attached hydrogen (secondary N) is 2. The first kappa shape index (κ1) is 26.0. The molecule has 9 heteroatoms. The van der Waals surface area contributed by atoms with Gasteiger partial charge in [0.1, 0.15) is 0 Å². The maximum absolute atomic E-state index is 12.9. The van der Waals surface area contributed by atoms with Crippen molar-refractivity contribution in [2.45, 2.75) is 38.9 Å². The molecule has 1 aromatic carbocycles. The first-order chi connectivity index (χ1) is 13.4. The summed E-state index contributed by atoms with van der Waals surface area (Å²) in [5.41, 5.74) is -0.0899. The molecule has 2 unspecified atom stereocenters. The van der Waals surface area contributed by atoms with Crippen LogP contribution < -0.4 is 10.6 Å². The average molecular weight is 529 g/mol. The molecule has 1 aliphatic heterocycles. The van der Waals surface area contributed by atoms with Crippen LogP contribution in [0.1, 0.15) is 43.9 Å². The Kier molecular flexibility index (Phi) is 11.9. The lowest BCUT2D eigenvalue weighted by Gasteiger charge is -2.19. The van der Waals surface area contributed by atoms with Crippen LogP contribution in [-0.2, 0) is 15.7 Å². The highest BCUT2D eigenvalue weighted by atomic mass is 127. The summed E-state index contributed by atoms with van der Waals surface area (Å²) < 4.78 is 49.7. The van der Waals surface area contributed by atoms with Gasteiger partial charge in [0.25, 0.3) is 0 Å². The molecule has 1 aliphatic rings. The Morgan fingerprint density at radius 2 is 2.17 bits per heavy atom. The van der Waals surface area contributed by atoms with Crippen LogP contribution in [0.3, 0.4) is 0 Å². The van der Waals surface area contributed by atoms with E-state index in [1.807, 2.05) is 13.8 Å². The number of nitrogens with zero attached hydrogens (tertiary/aromatic N) is 1. The molecule has 1 heterocycles. The highest BCUT2D eigenvalue weighted by Gasteiger charge is 2.30. The van der Waals surface area contributed by atoms with Gasteiger partial charge in [-0.25, -0.2) is 0 Å². The number of hydrogen-bond acceptors (Lipinski definition) is 3. The molecule has 0 radical (unpaired) electrons. The smallest absolute Gasteiger partial charge is 0.381 e. The van der Waals surface area contributed by atoms with Crippen LogP contribution in [0.4, 0.5) is 13.2 Å². The summed E-state index contributed by atoms with van der Waals surface area (Å²) in [6, 6.07) is 5.04. The molecule has 2 N–H and O–H groups in total. The van der Waals surface area contributed by atoms with Crippen LogP contribution in [0.25, 0.3) is 0 Å². The van der Waals surface area contributed by atoms with Gasteiger partial charge in [-0.3, -0.25) is 4.99 Å². The van der Waals surface area contributed by atoms with Crippen LogP contribution in [0.15, 0.2) is 29.3 Å². The first-order valence-corrected chi connectivity index (χ1v) is 9.77. The molecule has 2 rings (SSSR count). The number of rotatable bonds is 9. The van der Waals surface area contributed by atoms with Crippen molar-refractivity contribution in [1.29, 1.82) is 0 Å². The van der Waals surface area contributed by atoms with Gasteiger partial charge >= 0.3 is 6.18 Å². The Hall–Kier alpha value is -1.07. The Labute approximate surface area is 187 Å². The Bertz CT molecular complexity index is 623. The van der Waals surface area contributed by atoms with E-state index in [-0.39, 0.29) is 30.0 Å². The van der Waals surface area contributed by atoms with Crippen molar-refractivity contribution in [3.63, 3.8) is 0 Å². The number of alkyl halides is 3. The molecule has 0 saturated carbocycles. The number of guanidine groups is 1. The van der Waals surface area contributed by atoms with Gasteiger partial charge in [-0.15, -0.1) is 24.0 Å². The van der Waals surface area contributed by atoms with E-state index in [0.29, 0.717) is 43.7 Å². The Balaban J connectivity index is 0.00000420. The minimum absolute atomic E-state index is 0. The van der Waals surface area contributed by atoms with Crippen LogP contribution >= 0.6 is 24.0 Å². The van der Waals surface area contributed by atoms with Crippen LogP contribution in [0.5, 0.6) is 0 Å². The van der Waals surface area contributed by atoms with E-state index in [1.165, 1.54) is 12.1 Å². The molecule has 0 spiro atoms. The van der Waals surface area contributed by atoms with Crippen molar-refractivity contribution in [1.82, 2.24) is 10.6 Å². The van der Waals surface area contributed by atoms with Gasteiger partial charge in [-0.05, 0) is 44.4 Å². The van der Waals surface area contributed by atoms with Crippen molar-refractivity contribution in [2.75, 3.05) is 39.5 Å². The highest BCUT2D eigenvalue weighted by molar-refractivity contribution is 14.0. The van der Waals surface area contributed by atoms with E-state index >= 15 is 0 Å². The fourth-order valence-corrected chi connectivity index (χ4v) is 2.92. The minimum atomic E-state index is -4.35. The van der Waals surface area contributed by atoms with E-state index in [1.54, 1.807) is 6.07 Å². The predicted octanol–water partition coefficient (Wildman–Crippen LogP) is 4.38. The van der Waals surface area contributed by atoms with Crippen molar-refractivity contribution in [2.24, 2.45) is 10.9 Å². The van der Waals surface area contributed by atoms with Gasteiger partial charge < -0.3 is 20.1 Å². The third kappa shape index (κ3) is 9.52. The fraction of sp³-hybridized carbons (Fsp3) is 0.650. The number of hydrogen-bond donors (Lipinski definition) is 2. The zero-order valence-corrected chi connectivity index (χ0v) is 19.3. The largest absolute Gasteiger partial charge is 0.416 e. The quantitative estimate of drug-likeness (QED) is 0.216. The third-order valence-corrected chi connectivity index (χ3v) is 4.51. The van der Waals surface area contributed by atoms with Gasteiger partial charge in [0, 0.05) is 32.2 Å². The van der Waals surface area contributed by atoms with E-state index in [2.05, 4.69) is 15.6 Å². The molecule has 0 aliphatic carbocycles. The molecule has 166 valence electrons. The molecular formula is C20H31F3IN3O2. The number of halogens is 4. The Morgan fingerprint density at radius 3 is 2.83 bits per heavy atom. The van der Waals surface area contributed by atoms with Gasteiger partial charge in [0.05, 0.1) is 24.8 Å². The normalized spacial score (nSPS) is 18.2. The summed E-state index contributed by atoms with van der Waals surface area (Å²) in [5, 5.41) is 6.29. The summed E-state index contributed by atoms with van der Waals surface area (Å²) in [6.07, 6.45) is -2.51. The maximum Gasteiger partial charge on any atom is 0.416 e. The van der Waals surface area contributed by atoms with E-state index in [9.17, 15) is 13.2 Å². The number of ether oxygens (including phenoxy) is 2. The lowest BCUT2D eigenvalue weighted by Crippen LogP contribution is -2.38. The fourth-order valence-electron chi connectivity index (χ4n) is 2.92. The highest BCUT2D eigenvalue weighted by Crippen LogP contribution is 2.30. The summed E-state index contributed by atoms with van der Waals surface area (Å²) in [5.74, 6) is 1.08. The average Bonchev–Trinajstić information content (AvgIpc) is 3.17. The van der Waals surface area contributed by atoms with E-state index in [0.717, 1.165) is 32.1 Å².